The fourth-order valence-corrected chi connectivity index (χ4v) is 2.10. The Morgan fingerprint density at radius 1 is 0.857 bits per heavy atom. The second-order valence-corrected chi connectivity index (χ2v) is 5.16. The minimum absolute atomic E-state index is 0.648. The molecule has 0 fully saturated rings. The molecular formula is C17H12Cl2O2. The maximum Gasteiger partial charge on any atom is 0.328 e. The van der Waals surface area contributed by atoms with Crippen molar-refractivity contribution in [3.63, 3.8) is 0 Å². The summed E-state index contributed by atoms with van der Waals surface area (Å²) in [5.74, 6) is -0.988. The molecule has 0 atom stereocenters. The van der Waals surface area contributed by atoms with E-state index in [1.165, 1.54) is 6.08 Å². The molecule has 0 aliphatic heterocycles. The summed E-state index contributed by atoms with van der Waals surface area (Å²) < 4.78 is 0. The van der Waals surface area contributed by atoms with Crippen LogP contribution in [0.2, 0.25) is 10.0 Å². The summed E-state index contributed by atoms with van der Waals surface area (Å²) in [6.45, 7) is 0. The SMILES string of the molecule is O=C(O)C=CC=C(c1ccc(Cl)cc1)c1ccc(Cl)cc1. The number of aliphatic carboxylic acids is 1. The average molecular weight is 319 g/mol. The third-order valence-corrected chi connectivity index (χ3v) is 3.32. The fraction of sp³-hybridized carbons (Fsp3) is 0. The molecule has 4 heteroatoms. The van der Waals surface area contributed by atoms with E-state index in [2.05, 4.69) is 0 Å². The van der Waals surface area contributed by atoms with Gasteiger partial charge in [-0.15, -0.1) is 0 Å². The Hall–Kier alpha value is -2.03. The number of benzene rings is 2. The van der Waals surface area contributed by atoms with Crippen molar-refractivity contribution in [1.82, 2.24) is 0 Å². The number of hydrogen-bond acceptors (Lipinski definition) is 1. The van der Waals surface area contributed by atoms with Crippen molar-refractivity contribution in [1.29, 1.82) is 0 Å². The first-order valence-electron chi connectivity index (χ1n) is 6.19. The molecule has 0 bridgehead atoms. The molecule has 106 valence electrons. The van der Waals surface area contributed by atoms with Crippen LogP contribution < -0.4 is 0 Å². The maximum atomic E-state index is 10.6. The molecule has 0 aliphatic rings. The summed E-state index contributed by atoms with van der Waals surface area (Å²) >= 11 is 11.8. The van der Waals surface area contributed by atoms with Crippen molar-refractivity contribution in [3.05, 3.63) is 87.9 Å². The standard InChI is InChI=1S/C17H12Cl2O2/c18-14-8-4-12(5-9-14)16(2-1-3-17(20)21)13-6-10-15(19)11-7-13/h1-11H,(H,20,21). The second-order valence-electron chi connectivity index (χ2n) is 4.29. The van der Waals surface area contributed by atoms with Crippen LogP contribution in [0.1, 0.15) is 11.1 Å². The van der Waals surface area contributed by atoms with Gasteiger partial charge in [-0.3, -0.25) is 0 Å². The van der Waals surface area contributed by atoms with Crippen LogP contribution in [-0.4, -0.2) is 11.1 Å². The van der Waals surface area contributed by atoms with Gasteiger partial charge in [-0.1, -0.05) is 59.6 Å². The van der Waals surface area contributed by atoms with Crippen molar-refractivity contribution in [2.75, 3.05) is 0 Å². The zero-order chi connectivity index (χ0) is 15.2. The van der Waals surface area contributed by atoms with Crippen molar-refractivity contribution >= 4 is 34.7 Å². The molecule has 2 rings (SSSR count). The third kappa shape index (κ3) is 4.48. The first kappa shape index (κ1) is 15.4. The molecule has 0 saturated heterocycles. The van der Waals surface area contributed by atoms with E-state index < -0.39 is 5.97 Å². The first-order chi connectivity index (χ1) is 10.1. The summed E-state index contributed by atoms with van der Waals surface area (Å²) in [7, 11) is 0. The first-order valence-corrected chi connectivity index (χ1v) is 6.95. The lowest BCUT2D eigenvalue weighted by atomic mass is 9.97. The monoisotopic (exact) mass is 318 g/mol. The van der Waals surface area contributed by atoms with Gasteiger partial charge < -0.3 is 5.11 Å². The van der Waals surface area contributed by atoms with E-state index in [0.717, 1.165) is 22.8 Å². The van der Waals surface area contributed by atoms with Crippen LogP contribution in [0, 0.1) is 0 Å². The van der Waals surface area contributed by atoms with Gasteiger partial charge in [0, 0.05) is 16.1 Å². The predicted octanol–water partition coefficient (Wildman–Crippen LogP) is 5.07. The lowest BCUT2D eigenvalue weighted by Gasteiger charge is -2.08. The highest BCUT2D eigenvalue weighted by Gasteiger charge is 2.04. The summed E-state index contributed by atoms with van der Waals surface area (Å²) in [5, 5.41) is 9.99. The summed E-state index contributed by atoms with van der Waals surface area (Å²) in [6, 6.07) is 14.7. The molecule has 2 aromatic rings. The number of carboxylic acid groups (broad SMARTS) is 1. The summed E-state index contributed by atoms with van der Waals surface area (Å²) in [6.07, 6.45) is 4.34. The van der Waals surface area contributed by atoms with Crippen molar-refractivity contribution in [2.45, 2.75) is 0 Å². The van der Waals surface area contributed by atoms with Gasteiger partial charge in [0.2, 0.25) is 0 Å². The van der Waals surface area contributed by atoms with Gasteiger partial charge in [-0.25, -0.2) is 4.79 Å². The van der Waals surface area contributed by atoms with Gasteiger partial charge in [0.05, 0.1) is 0 Å². The minimum atomic E-state index is -0.988. The number of halogens is 2. The molecule has 21 heavy (non-hydrogen) atoms. The molecular weight excluding hydrogens is 307 g/mol. The van der Waals surface area contributed by atoms with Crippen LogP contribution in [0.5, 0.6) is 0 Å². The molecule has 2 aromatic carbocycles. The highest BCUT2D eigenvalue weighted by Crippen LogP contribution is 2.26. The van der Waals surface area contributed by atoms with E-state index in [4.69, 9.17) is 28.3 Å². The molecule has 0 aromatic heterocycles. The number of rotatable bonds is 4. The molecule has 0 radical (unpaired) electrons. The van der Waals surface area contributed by atoms with Gasteiger partial charge in [0.15, 0.2) is 0 Å². The second kappa shape index (κ2) is 7.11. The quantitative estimate of drug-likeness (QED) is 0.631. The average Bonchev–Trinajstić information content (AvgIpc) is 2.46. The topological polar surface area (TPSA) is 37.3 Å². The Balaban J connectivity index is 2.45. The number of allylic oxidation sites excluding steroid dienone is 2. The fourth-order valence-electron chi connectivity index (χ4n) is 1.84. The van der Waals surface area contributed by atoms with Crippen LogP contribution in [-0.2, 0) is 4.79 Å². The molecule has 0 unspecified atom stereocenters. The lowest BCUT2D eigenvalue weighted by Crippen LogP contribution is -1.89. The van der Waals surface area contributed by atoms with Crippen molar-refractivity contribution < 1.29 is 9.90 Å². The van der Waals surface area contributed by atoms with Crippen LogP contribution in [0.25, 0.3) is 5.57 Å². The predicted molar refractivity (Wildman–Crippen MR) is 86.8 cm³/mol. The molecule has 0 aliphatic carbocycles. The molecule has 0 saturated carbocycles. The molecule has 2 nitrogen and oxygen atoms in total. The van der Waals surface area contributed by atoms with Crippen molar-refractivity contribution in [2.24, 2.45) is 0 Å². The van der Waals surface area contributed by atoms with E-state index in [1.54, 1.807) is 30.3 Å². The molecule has 0 amide bonds. The Labute approximate surface area is 132 Å². The van der Waals surface area contributed by atoms with E-state index in [9.17, 15) is 4.79 Å². The van der Waals surface area contributed by atoms with E-state index in [0.29, 0.717) is 10.0 Å². The Morgan fingerprint density at radius 2 is 1.29 bits per heavy atom. The minimum Gasteiger partial charge on any atom is -0.478 e. The van der Waals surface area contributed by atoms with Crippen molar-refractivity contribution in [3.8, 4) is 0 Å². The largest absolute Gasteiger partial charge is 0.478 e. The van der Waals surface area contributed by atoms with Gasteiger partial charge in [0.25, 0.3) is 0 Å². The summed E-state index contributed by atoms with van der Waals surface area (Å²) in [5.41, 5.74) is 2.77. The van der Waals surface area contributed by atoms with Gasteiger partial charge in [-0.05, 0) is 41.0 Å². The Kier molecular flexibility index (Phi) is 5.20. The van der Waals surface area contributed by atoms with E-state index in [-0.39, 0.29) is 0 Å². The van der Waals surface area contributed by atoms with Crippen LogP contribution in [0.3, 0.4) is 0 Å². The highest BCUT2D eigenvalue weighted by molar-refractivity contribution is 6.31. The molecule has 0 spiro atoms. The van der Waals surface area contributed by atoms with Crippen LogP contribution >= 0.6 is 23.2 Å². The smallest absolute Gasteiger partial charge is 0.328 e. The zero-order valence-corrected chi connectivity index (χ0v) is 12.5. The Bertz CT molecular complexity index is 636. The van der Waals surface area contributed by atoms with Gasteiger partial charge >= 0.3 is 5.97 Å². The third-order valence-electron chi connectivity index (χ3n) is 2.81. The number of hydrogen-bond donors (Lipinski definition) is 1. The zero-order valence-electron chi connectivity index (χ0n) is 11.0. The normalized spacial score (nSPS) is 10.6. The number of carbonyl (C=O) groups is 1. The van der Waals surface area contributed by atoms with Gasteiger partial charge in [-0.2, -0.15) is 0 Å². The summed E-state index contributed by atoms with van der Waals surface area (Å²) in [4.78, 5) is 10.6. The maximum absolute atomic E-state index is 10.6. The highest BCUT2D eigenvalue weighted by atomic mass is 35.5. The lowest BCUT2D eigenvalue weighted by molar-refractivity contribution is -0.131. The Morgan fingerprint density at radius 3 is 1.67 bits per heavy atom. The number of carboxylic acids is 1. The molecule has 0 heterocycles. The van der Waals surface area contributed by atoms with Crippen LogP contribution in [0.15, 0.2) is 66.8 Å². The van der Waals surface area contributed by atoms with E-state index in [1.807, 2.05) is 24.3 Å². The van der Waals surface area contributed by atoms with E-state index >= 15 is 0 Å². The van der Waals surface area contributed by atoms with Crippen LogP contribution in [0.4, 0.5) is 0 Å². The molecule has 1 N–H and O–H groups in total. The van der Waals surface area contributed by atoms with Gasteiger partial charge in [0.1, 0.15) is 0 Å².